The van der Waals surface area contributed by atoms with Crippen molar-refractivity contribution in [3.8, 4) is 0 Å². The van der Waals surface area contributed by atoms with Crippen LogP contribution in [0.3, 0.4) is 0 Å². The van der Waals surface area contributed by atoms with Crippen LogP contribution < -0.4 is 11.1 Å². The number of hydrogen-bond acceptors (Lipinski definition) is 5. The van der Waals surface area contributed by atoms with Crippen molar-refractivity contribution in [1.29, 1.82) is 0 Å². The van der Waals surface area contributed by atoms with Crippen LogP contribution in [0.1, 0.15) is 11.1 Å². The third kappa shape index (κ3) is 2.25. The van der Waals surface area contributed by atoms with Gasteiger partial charge in [-0.15, -0.1) is 0 Å². The lowest BCUT2D eigenvalue weighted by Gasteiger charge is -2.04. The Morgan fingerprint density at radius 1 is 1.20 bits per heavy atom. The molecular weight excluding hydrogens is 192 g/mol. The first-order valence-electron chi connectivity index (χ1n) is 4.58. The van der Waals surface area contributed by atoms with Gasteiger partial charge in [-0.3, -0.25) is 0 Å². The molecule has 1 aromatic heterocycles. The Labute approximate surface area is 87.3 Å². The molecule has 1 aromatic carbocycles. The number of nitrogens with zero attached hydrogens (tertiary/aromatic N) is 2. The van der Waals surface area contributed by atoms with Crippen molar-refractivity contribution >= 4 is 17.7 Å². The Hall–Kier alpha value is -2.04. The number of nitrogen functional groups attached to an aromatic ring is 1. The molecule has 0 saturated heterocycles. The molecule has 5 heteroatoms. The fourth-order valence-corrected chi connectivity index (χ4v) is 1.46. The van der Waals surface area contributed by atoms with E-state index in [0.29, 0.717) is 5.95 Å². The minimum absolute atomic E-state index is 0.0573. The first kappa shape index (κ1) is 9.51. The van der Waals surface area contributed by atoms with Gasteiger partial charge in [0.15, 0.2) is 0 Å². The van der Waals surface area contributed by atoms with Crippen LogP contribution in [0.4, 0.5) is 17.7 Å². The van der Waals surface area contributed by atoms with Gasteiger partial charge in [0.1, 0.15) is 0 Å². The smallest absolute Gasteiger partial charge is 0.320 e. The summed E-state index contributed by atoms with van der Waals surface area (Å²) in [6.07, 6.45) is 0. The third-order valence-electron chi connectivity index (χ3n) is 1.92. The van der Waals surface area contributed by atoms with Crippen LogP contribution in [0.25, 0.3) is 0 Å². The van der Waals surface area contributed by atoms with Crippen molar-refractivity contribution in [1.82, 2.24) is 10.1 Å². The van der Waals surface area contributed by atoms with Crippen LogP contribution in [0.15, 0.2) is 22.7 Å². The van der Waals surface area contributed by atoms with E-state index in [2.05, 4.69) is 26.0 Å². The van der Waals surface area contributed by atoms with Gasteiger partial charge in [-0.05, 0) is 42.3 Å². The quantitative estimate of drug-likeness (QED) is 0.782. The summed E-state index contributed by atoms with van der Waals surface area (Å²) >= 11 is 0. The van der Waals surface area contributed by atoms with Crippen molar-refractivity contribution in [2.45, 2.75) is 13.8 Å². The van der Waals surface area contributed by atoms with E-state index >= 15 is 0 Å². The number of nitrogens with two attached hydrogens (primary N) is 1. The molecule has 0 saturated carbocycles. The second-order valence-corrected chi connectivity index (χ2v) is 3.46. The zero-order chi connectivity index (χ0) is 10.8. The van der Waals surface area contributed by atoms with Gasteiger partial charge in [0.2, 0.25) is 0 Å². The summed E-state index contributed by atoms with van der Waals surface area (Å²) in [5.74, 6) is 0.373. The molecule has 2 aromatic rings. The number of aromatic nitrogens is 2. The number of anilines is 3. The average Bonchev–Trinajstić information content (AvgIpc) is 2.49. The van der Waals surface area contributed by atoms with Gasteiger partial charge < -0.3 is 15.6 Å². The van der Waals surface area contributed by atoms with Crippen LogP contribution in [0, 0.1) is 13.8 Å². The molecule has 3 N–H and O–H groups in total. The van der Waals surface area contributed by atoms with Gasteiger partial charge in [-0.25, -0.2) is 0 Å². The van der Waals surface area contributed by atoms with E-state index in [1.165, 1.54) is 11.1 Å². The van der Waals surface area contributed by atoms with Gasteiger partial charge >= 0.3 is 6.01 Å². The molecule has 5 nitrogen and oxygen atoms in total. The van der Waals surface area contributed by atoms with E-state index < -0.39 is 0 Å². The SMILES string of the molecule is Cc1cc(C)cc(Nc2noc(N)n2)c1. The lowest BCUT2D eigenvalue weighted by atomic mass is 10.1. The predicted octanol–water partition coefficient (Wildman–Crippen LogP) is 2.01. The van der Waals surface area contributed by atoms with Crippen LogP contribution in [0.2, 0.25) is 0 Å². The average molecular weight is 204 g/mol. The Morgan fingerprint density at radius 3 is 2.40 bits per heavy atom. The first-order valence-corrected chi connectivity index (χ1v) is 4.58. The highest BCUT2D eigenvalue weighted by molar-refractivity contribution is 5.55. The fraction of sp³-hybridized carbons (Fsp3) is 0.200. The molecule has 1 heterocycles. The minimum atomic E-state index is 0.0573. The monoisotopic (exact) mass is 204 g/mol. The second-order valence-electron chi connectivity index (χ2n) is 3.46. The Bertz CT molecular complexity index is 458. The highest BCUT2D eigenvalue weighted by atomic mass is 16.5. The van der Waals surface area contributed by atoms with Crippen LogP contribution >= 0.6 is 0 Å². The molecule has 0 unspecified atom stereocenters. The summed E-state index contributed by atoms with van der Waals surface area (Å²) < 4.78 is 4.65. The second kappa shape index (κ2) is 3.61. The van der Waals surface area contributed by atoms with Crippen molar-refractivity contribution in [3.63, 3.8) is 0 Å². The van der Waals surface area contributed by atoms with E-state index in [1.54, 1.807) is 0 Å². The molecule has 0 amide bonds. The zero-order valence-corrected chi connectivity index (χ0v) is 8.61. The Morgan fingerprint density at radius 2 is 1.87 bits per heavy atom. The predicted molar refractivity (Wildman–Crippen MR) is 57.9 cm³/mol. The zero-order valence-electron chi connectivity index (χ0n) is 8.61. The molecule has 15 heavy (non-hydrogen) atoms. The number of benzene rings is 1. The molecule has 0 bridgehead atoms. The molecule has 0 aliphatic heterocycles. The largest absolute Gasteiger partial charge is 0.351 e. The molecule has 0 aliphatic rings. The molecule has 0 fully saturated rings. The van der Waals surface area contributed by atoms with Crippen molar-refractivity contribution in [2.24, 2.45) is 0 Å². The minimum Gasteiger partial charge on any atom is -0.351 e. The fourth-order valence-electron chi connectivity index (χ4n) is 1.46. The summed E-state index contributed by atoms with van der Waals surface area (Å²) in [5.41, 5.74) is 8.59. The summed E-state index contributed by atoms with van der Waals surface area (Å²) in [6, 6.07) is 6.15. The molecule has 78 valence electrons. The lowest BCUT2D eigenvalue weighted by Crippen LogP contribution is -1.94. The normalized spacial score (nSPS) is 10.3. The summed E-state index contributed by atoms with van der Waals surface area (Å²) in [5, 5.41) is 6.66. The number of aryl methyl sites for hydroxylation is 2. The highest BCUT2D eigenvalue weighted by Crippen LogP contribution is 2.17. The van der Waals surface area contributed by atoms with E-state index in [9.17, 15) is 0 Å². The lowest BCUT2D eigenvalue weighted by molar-refractivity contribution is 0.437. The van der Waals surface area contributed by atoms with E-state index in [1.807, 2.05) is 26.0 Å². The summed E-state index contributed by atoms with van der Waals surface area (Å²) in [7, 11) is 0. The van der Waals surface area contributed by atoms with Crippen molar-refractivity contribution < 1.29 is 4.52 Å². The van der Waals surface area contributed by atoms with Crippen LogP contribution in [-0.4, -0.2) is 10.1 Å². The molecule has 0 spiro atoms. The molecule has 0 radical (unpaired) electrons. The molecule has 0 aliphatic carbocycles. The van der Waals surface area contributed by atoms with Crippen molar-refractivity contribution in [2.75, 3.05) is 11.1 Å². The Kier molecular flexibility index (Phi) is 2.29. The van der Waals surface area contributed by atoms with E-state index in [0.717, 1.165) is 5.69 Å². The highest BCUT2D eigenvalue weighted by Gasteiger charge is 2.03. The number of rotatable bonds is 2. The molecule has 0 atom stereocenters. The first-order chi connectivity index (χ1) is 7.13. The van der Waals surface area contributed by atoms with Crippen molar-refractivity contribution in [3.05, 3.63) is 29.3 Å². The maximum Gasteiger partial charge on any atom is 0.320 e. The number of hydrogen-bond donors (Lipinski definition) is 2. The van der Waals surface area contributed by atoms with Gasteiger partial charge in [0, 0.05) is 5.69 Å². The molecular formula is C10H12N4O. The molecule has 2 rings (SSSR count). The third-order valence-corrected chi connectivity index (χ3v) is 1.92. The Balaban J connectivity index is 2.24. The van der Waals surface area contributed by atoms with E-state index in [4.69, 9.17) is 5.73 Å². The van der Waals surface area contributed by atoms with Crippen LogP contribution in [0.5, 0.6) is 0 Å². The van der Waals surface area contributed by atoms with Gasteiger partial charge in [-0.2, -0.15) is 4.98 Å². The maximum atomic E-state index is 5.31. The maximum absolute atomic E-state index is 5.31. The summed E-state index contributed by atoms with van der Waals surface area (Å²) in [4.78, 5) is 3.85. The van der Waals surface area contributed by atoms with Crippen LogP contribution in [-0.2, 0) is 0 Å². The van der Waals surface area contributed by atoms with Gasteiger partial charge in [0.25, 0.3) is 5.95 Å². The van der Waals surface area contributed by atoms with Gasteiger partial charge in [0.05, 0.1) is 0 Å². The number of nitrogens with one attached hydrogen (secondary N) is 1. The van der Waals surface area contributed by atoms with E-state index in [-0.39, 0.29) is 6.01 Å². The van der Waals surface area contributed by atoms with Gasteiger partial charge in [-0.1, -0.05) is 6.07 Å². The summed E-state index contributed by atoms with van der Waals surface area (Å²) in [6.45, 7) is 4.06. The standard InChI is InChI=1S/C10H12N4O/c1-6-3-7(2)5-8(4-6)12-10-13-9(11)15-14-10/h3-5H,1-2H3,(H3,11,12,13,14). The topological polar surface area (TPSA) is 77.0 Å².